The zero-order chi connectivity index (χ0) is 19.2. The molecule has 1 fully saturated rings. The second-order valence-electron chi connectivity index (χ2n) is 7.09. The summed E-state index contributed by atoms with van der Waals surface area (Å²) in [6, 6.07) is 20.9. The average Bonchev–Trinajstić information content (AvgIpc) is 3.44. The van der Waals surface area contributed by atoms with Gasteiger partial charge in [0.15, 0.2) is 11.8 Å². The normalized spacial score (nSPS) is 15.3. The monoisotopic (exact) mass is 377 g/mol. The molecule has 144 valence electrons. The number of carbonyl (C=O) groups is 1. The standard InChI is InChI=1S/C23H24N2O3/c26-23(18-8-6-11-20(16-18)28-19-9-2-1-3-10-19)24-17-21(22-12-7-15-27-22)25-13-4-5-14-25/h1-3,6-12,15-16,21H,4-5,13-14,17H2,(H,24,26)/p+1/t21-/m1/s1. The lowest BCUT2D eigenvalue weighted by Crippen LogP contribution is -3.11. The molecule has 1 aliphatic rings. The van der Waals surface area contributed by atoms with E-state index in [1.54, 1.807) is 18.4 Å². The van der Waals surface area contributed by atoms with Crippen molar-refractivity contribution < 1.29 is 18.8 Å². The molecule has 5 heteroatoms. The van der Waals surface area contributed by atoms with Crippen molar-refractivity contribution in [2.75, 3.05) is 19.6 Å². The number of hydrogen-bond acceptors (Lipinski definition) is 3. The van der Waals surface area contributed by atoms with Crippen LogP contribution in [0.25, 0.3) is 0 Å². The Balaban J connectivity index is 1.42. The number of para-hydroxylation sites is 1. The van der Waals surface area contributed by atoms with Gasteiger partial charge in [-0.15, -0.1) is 0 Å². The summed E-state index contributed by atoms with van der Waals surface area (Å²) >= 11 is 0. The lowest BCUT2D eigenvalue weighted by Gasteiger charge is -2.23. The molecule has 0 spiro atoms. The van der Waals surface area contributed by atoms with Crippen LogP contribution in [0.5, 0.6) is 11.5 Å². The first-order valence-corrected chi connectivity index (χ1v) is 9.79. The Morgan fingerprint density at radius 1 is 1.00 bits per heavy atom. The second kappa shape index (κ2) is 8.76. The molecule has 0 aliphatic carbocycles. The van der Waals surface area contributed by atoms with E-state index < -0.39 is 0 Å². The molecule has 0 saturated carbocycles. The Bertz CT molecular complexity index is 887. The number of amides is 1. The molecule has 3 aromatic rings. The highest BCUT2D eigenvalue weighted by molar-refractivity contribution is 5.94. The van der Waals surface area contributed by atoms with Crippen molar-refractivity contribution >= 4 is 5.91 Å². The third-order valence-electron chi connectivity index (χ3n) is 5.17. The third-order valence-corrected chi connectivity index (χ3v) is 5.17. The lowest BCUT2D eigenvalue weighted by atomic mass is 10.1. The number of quaternary nitrogens is 1. The highest BCUT2D eigenvalue weighted by Crippen LogP contribution is 2.22. The van der Waals surface area contributed by atoms with Gasteiger partial charge >= 0.3 is 0 Å². The van der Waals surface area contributed by atoms with E-state index in [-0.39, 0.29) is 11.9 Å². The highest BCUT2D eigenvalue weighted by atomic mass is 16.5. The Kier molecular flexibility index (Phi) is 5.73. The minimum absolute atomic E-state index is 0.103. The Hall–Kier alpha value is -3.05. The fourth-order valence-corrected chi connectivity index (χ4v) is 3.74. The number of rotatable bonds is 7. The Morgan fingerprint density at radius 3 is 2.54 bits per heavy atom. The van der Waals surface area contributed by atoms with Gasteiger partial charge in [0.2, 0.25) is 0 Å². The maximum Gasteiger partial charge on any atom is 0.251 e. The predicted octanol–water partition coefficient (Wildman–Crippen LogP) is 3.22. The van der Waals surface area contributed by atoms with Crippen molar-refractivity contribution in [3.8, 4) is 11.5 Å². The van der Waals surface area contributed by atoms with Gasteiger partial charge in [0.25, 0.3) is 5.91 Å². The van der Waals surface area contributed by atoms with Crippen LogP contribution in [0, 0.1) is 0 Å². The Morgan fingerprint density at radius 2 is 1.79 bits per heavy atom. The molecular weight excluding hydrogens is 352 g/mol. The third kappa shape index (κ3) is 4.43. The molecule has 0 radical (unpaired) electrons. The highest BCUT2D eigenvalue weighted by Gasteiger charge is 2.29. The zero-order valence-corrected chi connectivity index (χ0v) is 15.8. The van der Waals surface area contributed by atoms with Crippen LogP contribution in [0.4, 0.5) is 0 Å². The number of nitrogens with one attached hydrogen (secondary N) is 2. The number of furan rings is 1. The molecule has 1 aliphatic heterocycles. The van der Waals surface area contributed by atoms with Crippen LogP contribution in [-0.4, -0.2) is 25.5 Å². The van der Waals surface area contributed by atoms with Crippen molar-refractivity contribution in [2.45, 2.75) is 18.9 Å². The molecule has 2 N–H and O–H groups in total. The molecule has 1 amide bonds. The molecule has 1 atom stereocenters. The fraction of sp³-hybridized carbons (Fsp3) is 0.261. The molecule has 0 unspecified atom stereocenters. The minimum atomic E-state index is -0.103. The van der Waals surface area contributed by atoms with E-state index in [9.17, 15) is 4.79 Å². The van der Waals surface area contributed by atoms with Gasteiger partial charge in [0.1, 0.15) is 11.5 Å². The van der Waals surface area contributed by atoms with Crippen LogP contribution < -0.4 is 15.0 Å². The largest absolute Gasteiger partial charge is 0.463 e. The summed E-state index contributed by atoms with van der Waals surface area (Å²) in [4.78, 5) is 14.2. The van der Waals surface area contributed by atoms with E-state index >= 15 is 0 Å². The molecule has 4 rings (SSSR count). The van der Waals surface area contributed by atoms with E-state index in [1.165, 1.54) is 17.7 Å². The zero-order valence-electron chi connectivity index (χ0n) is 15.8. The summed E-state index contributed by atoms with van der Waals surface area (Å²) in [7, 11) is 0. The molecule has 0 bridgehead atoms. The predicted molar refractivity (Wildman–Crippen MR) is 107 cm³/mol. The molecule has 1 saturated heterocycles. The summed E-state index contributed by atoms with van der Waals surface area (Å²) in [6.07, 6.45) is 4.14. The number of benzene rings is 2. The molecule has 2 aromatic carbocycles. The van der Waals surface area contributed by atoms with Crippen LogP contribution in [-0.2, 0) is 0 Å². The van der Waals surface area contributed by atoms with Crippen molar-refractivity contribution in [2.24, 2.45) is 0 Å². The van der Waals surface area contributed by atoms with E-state index in [1.807, 2.05) is 54.6 Å². The van der Waals surface area contributed by atoms with Gasteiger partial charge in [-0.3, -0.25) is 4.79 Å². The quantitative estimate of drug-likeness (QED) is 0.665. The maximum absolute atomic E-state index is 12.7. The number of carbonyl (C=O) groups excluding carboxylic acids is 1. The van der Waals surface area contributed by atoms with Crippen molar-refractivity contribution in [1.29, 1.82) is 0 Å². The van der Waals surface area contributed by atoms with E-state index in [4.69, 9.17) is 9.15 Å². The SMILES string of the molecule is O=C(NC[C@H](c1ccco1)[NH+]1CCCC1)c1cccc(Oc2ccccc2)c1. The van der Waals surface area contributed by atoms with Crippen molar-refractivity contribution in [3.05, 3.63) is 84.3 Å². The number of hydrogen-bond donors (Lipinski definition) is 2. The van der Waals surface area contributed by atoms with E-state index in [0.717, 1.165) is 24.6 Å². The van der Waals surface area contributed by atoms with Crippen molar-refractivity contribution in [3.63, 3.8) is 0 Å². The summed E-state index contributed by atoms with van der Waals surface area (Å²) in [5.41, 5.74) is 0.586. The Labute approximate surface area is 164 Å². The average molecular weight is 377 g/mol. The van der Waals surface area contributed by atoms with Crippen LogP contribution in [0.2, 0.25) is 0 Å². The molecule has 28 heavy (non-hydrogen) atoms. The van der Waals surface area contributed by atoms with Gasteiger partial charge in [0.05, 0.1) is 25.9 Å². The van der Waals surface area contributed by atoms with Gasteiger partial charge in [-0.2, -0.15) is 0 Å². The molecule has 1 aromatic heterocycles. The smallest absolute Gasteiger partial charge is 0.251 e. The summed E-state index contributed by atoms with van der Waals surface area (Å²) in [6.45, 7) is 2.77. The van der Waals surface area contributed by atoms with Crippen LogP contribution in [0.3, 0.4) is 0 Å². The lowest BCUT2D eigenvalue weighted by molar-refractivity contribution is -0.919. The first kappa shape index (κ1) is 18.3. The maximum atomic E-state index is 12.7. The van der Waals surface area contributed by atoms with Crippen LogP contribution in [0.1, 0.15) is 35.0 Å². The number of ether oxygens (including phenoxy) is 1. The molecule has 5 nitrogen and oxygen atoms in total. The summed E-state index contributed by atoms with van der Waals surface area (Å²) in [5.74, 6) is 2.22. The van der Waals surface area contributed by atoms with Crippen LogP contribution >= 0.6 is 0 Å². The van der Waals surface area contributed by atoms with E-state index in [0.29, 0.717) is 17.9 Å². The fourth-order valence-electron chi connectivity index (χ4n) is 3.74. The number of likely N-dealkylation sites (tertiary alicyclic amines) is 1. The van der Waals surface area contributed by atoms with Gasteiger partial charge in [-0.1, -0.05) is 24.3 Å². The van der Waals surface area contributed by atoms with Gasteiger partial charge in [-0.25, -0.2) is 0 Å². The van der Waals surface area contributed by atoms with E-state index in [2.05, 4.69) is 5.32 Å². The molecular formula is C23H25N2O3+. The van der Waals surface area contributed by atoms with Gasteiger partial charge < -0.3 is 19.4 Å². The molecule has 2 heterocycles. The van der Waals surface area contributed by atoms with Gasteiger partial charge in [-0.05, 0) is 42.5 Å². The van der Waals surface area contributed by atoms with Crippen LogP contribution in [0.15, 0.2) is 77.4 Å². The topological polar surface area (TPSA) is 55.9 Å². The van der Waals surface area contributed by atoms with Crippen molar-refractivity contribution in [1.82, 2.24) is 5.32 Å². The summed E-state index contributed by atoms with van der Waals surface area (Å²) in [5, 5.41) is 3.08. The summed E-state index contributed by atoms with van der Waals surface area (Å²) < 4.78 is 11.5. The minimum Gasteiger partial charge on any atom is -0.463 e. The first-order chi connectivity index (χ1) is 13.8. The second-order valence-corrected chi connectivity index (χ2v) is 7.09. The van der Waals surface area contributed by atoms with Gasteiger partial charge in [0, 0.05) is 18.4 Å². The first-order valence-electron chi connectivity index (χ1n) is 9.79.